The van der Waals surface area contributed by atoms with E-state index >= 15 is 0 Å². The van der Waals surface area contributed by atoms with Crippen LogP contribution in [-0.2, 0) is 12.4 Å². The van der Waals surface area contributed by atoms with Gasteiger partial charge in [0.15, 0.2) is 6.61 Å². The van der Waals surface area contributed by atoms with E-state index in [1.54, 1.807) is 19.1 Å². The van der Waals surface area contributed by atoms with Gasteiger partial charge in [0.25, 0.3) is 11.1 Å². The van der Waals surface area contributed by atoms with Gasteiger partial charge in [0.05, 0.1) is 5.75 Å². The lowest BCUT2D eigenvalue weighted by Gasteiger charge is -2.03. The zero-order chi connectivity index (χ0) is 20.2. The van der Waals surface area contributed by atoms with E-state index in [1.165, 1.54) is 17.8 Å². The van der Waals surface area contributed by atoms with Gasteiger partial charge in [-0.2, -0.15) is 4.98 Å². The van der Waals surface area contributed by atoms with Gasteiger partial charge >= 0.3 is 0 Å². The van der Waals surface area contributed by atoms with Crippen molar-refractivity contribution < 1.29 is 18.1 Å². The number of benzene rings is 2. The summed E-state index contributed by atoms with van der Waals surface area (Å²) in [5.41, 5.74) is 2.23. The molecule has 7 nitrogen and oxygen atoms in total. The van der Waals surface area contributed by atoms with Crippen LogP contribution in [0.2, 0.25) is 0 Å². The Morgan fingerprint density at radius 1 is 1.07 bits per heavy atom. The molecule has 0 aliphatic rings. The van der Waals surface area contributed by atoms with Crippen LogP contribution in [0.15, 0.2) is 56.6 Å². The lowest BCUT2D eigenvalue weighted by molar-refractivity contribution is 0.252. The molecule has 0 amide bonds. The SMILES string of the molecule is Cc1cccc(OCc2nnc(SCc3nc(-c4ccc(C)c(F)c4)no3)o2)c1. The quantitative estimate of drug-likeness (QED) is 0.402. The third-order valence-corrected chi connectivity index (χ3v) is 4.82. The Kier molecular flexibility index (Phi) is 5.57. The summed E-state index contributed by atoms with van der Waals surface area (Å²) in [5, 5.41) is 12.2. The van der Waals surface area contributed by atoms with Crippen molar-refractivity contribution in [2.45, 2.75) is 31.4 Å². The molecule has 0 atom stereocenters. The molecule has 0 N–H and O–H groups in total. The van der Waals surface area contributed by atoms with Crippen LogP contribution < -0.4 is 4.74 Å². The number of ether oxygens (including phenoxy) is 1. The maximum absolute atomic E-state index is 13.7. The number of aromatic nitrogens is 4. The summed E-state index contributed by atoms with van der Waals surface area (Å²) in [4.78, 5) is 4.28. The van der Waals surface area contributed by atoms with Crippen LogP contribution in [0.1, 0.15) is 22.9 Å². The predicted molar refractivity (Wildman–Crippen MR) is 104 cm³/mol. The normalized spacial score (nSPS) is 11.0. The molecule has 0 radical (unpaired) electrons. The van der Waals surface area contributed by atoms with Gasteiger partial charge in [0.2, 0.25) is 11.7 Å². The molecule has 0 aliphatic carbocycles. The lowest BCUT2D eigenvalue weighted by atomic mass is 10.1. The Morgan fingerprint density at radius 3 is 2.79 bits per heavy atom. The molecule has 0 saturated heterocycles. The van der Waals surface area contributed by atoms with Crippen molar-refractivity contribution in [2.24, 2.45) is 0 Å². The monoisotopic (exact) mass is 412 g/mol. The Hall–Kier alpha value is -3.20. The summed E-state index contributed by atoms with van der Waals surface area (Å²) >= 11 is 1.27. The predicted octanol–water partition coefficient (Wildman–Crippen LogP) is 4.75. The molecule has 2 heterocycles. The summed E-state index contributed by atoms with van der Waals surface area (Å²) in [6.07, 6.45) is 0. The summed E-state index contributed by atoms with van der Waals surface area (Å²) in [5.74, 6) is 1.86. The van der Waals surface area contributed by atoms with Gasteiger partial charge in [0, 0.05) is 5.56 Å². The molecule has 148 valence electrons. The molecule has 9 heteroatoms. The maximum atomic E-state index is 13.7. The van der Waals surface area contributed by atoms with E-state index < -0.39 is 0 Å². The number of rotatable bonds is 7. The molecule has 2 aromatic heterocycles. The van der Waals surface area contributed by atoms with Crippen molar-refractivity contribution in [2.75, 3.05) is 0 Å². The van der Waals surface area contributed by atoms with Crippen LogP contribution in [0, 0.1) is 19.7 Å². The van der Waals surface area contributed by atoms with Gasteiger partial charge in [0.1, 0.15) is 11.6 Å². The van der Waals surface area contributed by atoms with Gasteiger partial charge in [-0.1, -0.05) is 41.2 Å². The Balaban J connectivity index is 1.33. The lowest BCUT2D eigenvalue weighted by Crippen LogP contribution is -1.95. The smallest absolute Gasteiger partial charge is 0.277 e. The summed E-state index contributed by atoms with van der Waals surface area (Å²) < 4.78 is 30.1. The second kappa shape index (κ2) is 8.44. The molecule has 0 fully saturated rings. The molecule has 2 aromatic carbocycles. The zero-order valence-electron chi connectivity index (χ0n) is 15.8. The highest BCUT2D eigenvalue weighted by atomic mass is 32.2. The van der Waals surface area contributed by atoms with Gasteiger partial charge in [-0.25, -0.2) is 4.39 Å². The summed E-state index contributed by atoms with van der Waals surface area (Å²) in [6, 6.07) is 12.5. The van der Waals surface area contributed by atoms with Crippen molar-refractivity contribution in [3.63, 3.8) is 0 Å². The minimum Gasteiger partial charge on any atom is -0.484 e. The van der Waals surface area contributed by atoms with Crippen molar-refractivity contribution in [1.29, 1.82) is 0 Å². The molecule has 0 saturated carbocycles. The first-order chi connectivity index (χ1) is 14.1. The van der Waals surface area contributed by atoms with E-state index in [0.29, 0.717) is 39.7 Å². The molecule has 29 heavy (non-hydrogen) atoms. The fourth-order valence-corrected chi connectivity index (χ4v) is 3.11. The minimum atomic E-state index is -0.311. The molecule has 0 spiro atoms. The van der Waals surface area contributed by atoms with E-state index in [4.69, 9.17) is 13.7 Å². The van der Waals surface area contributed by atoms with E-state index in [2.05, 4.69) is 20.3 Å². The molecular formula is C20H17FN4O3S. The van der Waals surface area contributed by atoms with Crippen LogP contribution in [-0.4, -0.2) is 20.3 Å². The fraction of sp³-hybridized carbons (Fsp3) is 0.200. The number of thioether (sulfide) groups is 1. The van der Waals surface area contributed by atoms with E-state index in [-0.39, 0.29) is 12.4 Å². The molecule has 4 aromatic rings. The largest absolute Gasteiger partial charge is 0.484 e. The summed E-state index contributed by atoms with van der Waals surface area (Å²) in [7, 11) is 0. The third-order valence-electron chi connectivity index (χ3n) is 4.02. The van der Waals surface area contributed by atoms with Gasteiger partial charge in [-0.3, -0.25) is 0 Å². The van der Waals surface area contributed by atoms with Crippen LogP contribution in [0.4, 0.5) is 4.39 Å². The Labute approximate surface area is 170 Å². The number of halogens is 1. The van der Waals surface area contributed by atoms with Crippen LogP contribution in [0.3, 0.4) is 0 Å². The number of hydrogen-bond acceptors (Lipinski definition) is 8. The van der Waals surface area contributed by atoms with Gasteiger partial charge < -0.3 is 13.7 Å². The van der Waals surface area contributed by atoms with E-state index in [1.807, 2.05) is 31.2 Å². The number of aryl methyl sites for hydroxylation is 2. The first-order valence-electron chi connectivity index (χ1n) is 8.80. The number of hydrogen-bond donors (Lipinski definition) is 0. The highest BCUT2D eigenvalue weighted by molar-refractivity contribution is 7.98. The maximum Gasteiger partial charge on any atom is 0.277 e. The van der Waals surface area contributed by atoms with Crippen LogP contribution in [0.25, 0.3) is 11.4 Å². The van der Waals surface area contributed by atoms with E-state index in [9.17, 15) is 4.39 Å². The average Bonchev–Trinajstić information content (AvgIpc) is 3.36. The standard InChI is InChI=1S/C20H17FN4O3S/c1-12-4-3-5-15(8-12)26-10-17-23-24-20(27-17)29-11-18-22-19(25-28-18)14-7-6-13(2)16(21)9-14/h3-9H,10-11H2,1-2H3. The topological polar surface area (TPSA) is 87.1 Å². The van der Waals surface area contributed by atoms with Gasteiger partial charge in [-0.15, -0.1) is 10.2 Å². The van der Waals surface area contributed by atoms with Crippen molar-refractivity contribution in [3.8, 4) is 17.1 Å². The Morgan fingerprint density at radius 2 is 1.97 bits per heavy atom. The zero-order valence-corrected chi connectivity index (χ0v) is 16.6. The third kappa shape index (κ3) is 4.80. The summed E-state index contributed by atoms with van der Waals surface area (Å²) in [6.45, 7) is 3.87. The second-order valence-electron chi connectivity index (χ2n) is 6.33. The molecule has 4 rings (SSSR count). The fourth-order valence-electron chi connectivity index (χ4n) is 2.49. The van der Waals surface area contributed by atoms with Crippen molar-refractivity contribution >= 4 is 11.8 Å². The average molecular weight is 412 g/mol. The number of nitrogens with zero attached hydrogens (tertiary/aromatic N) is 4. The van der Waals surface area contributed by atoms with Crippen LogP contribution in [0.5, 0.6) is 5.75 Å². The highest BCUT2D eigenvalue weighted by Crippen LogP contribution is 2.24. The van der Waals surface area contributed by atoms with Crippen molar-refractivity contribution in [1.82, 2.24) is 20.3 Å². The van der Waals surface area contributed by atoms with E-state index in [0.717, 1.165) is 11.3 Å². The molecular weight excluding hydrogens is 395 g/mol. The first kappa shape index (κ1) is 19.1. The van der Waals surface area contributed by atoms with Gasteiger partial charge in [-0.05, 0) is 43.2 Å². The highest BCUT2D eigenvalue weighted by Gasteiger charge is 2.13. The van der Waals surface area contributed by atoms with Crippen molar-refractivity contribution in [3.05, 3.63) is 71.2 Å². The first-order valence-corrected chi connectivity index (χ1v) is 9.79. The molecule has 0 unspecified atom stereocenters. The molecule has 0 aliphatic heterocycles. The molecule has 0 bridgehead atoms. The minimum absolute atomic E-state index is 0.181. The van der Waals surface area contributed by atoms with Crippen LogP contribution >= 0.6 is 11.8 Å². The Bertz CT molecular complexity index is 1130. The second-order valence-corrected chi connectivity index (χ2v) is 7.26.